The summed E-state index contributed by atoms with van der Waals surface area (Å²) in [6.45, 7) is 9.57. The van der Waals surface area contributed by atoms with Gasteiger partial charge in [-0.2, -0.15) is 0 Å². The molecule has 0 bridgehead atoms. The van der Waals surface area contributed by atoms with Gasteiger partial charge in [0.15, 0.2) is 0 Å². The van der Waals surface area contributed by atoms with Crippen molar-refractivity contribution in [2.45, 2.75) is 58.6 Å². The molecule has 1 aromatic rings. The highest BCUT2D eigenvalue weighted by molar-refractivity contribution is 9.10. The fourth-order valence-corrected chi connectivity index (χ4v) is 2.99. The molecule has 3 heteroatoms. The molecular formula is C16H24BrNO. The molecule has 2 nitrogen and oxygen atoms in total. The van der Waals surface area contributed by atoms with Gasteiger partial charge in [-0.25, -0.2) is 0 Å². The van der Waals surface area contributed by atoms with Crippen LogP contribution in [0.3, 0.4) is 0 Å². The molecule has 1 aliphatic rings. The molecule has 19 heavy (non-hydrogen) atoms. The Morgan fingerprint density at radius 2 is 2.00 bits per heavy atom. The lowest BCUT2D eigenvalue weighted by molar-refractivity contribution is -0.0708. The van der Waals surface area contributed by atoms with Gasteiger partial charge in [-0.1, -0.05) is 22.9 Å². The van der Waals surface area contributed by atoms with E-state index in [1.54, 1.807) is 0 Å². The summed E-state index contributed by atoms with van der Waals surface area (Å²) in [7, 11) is 0. The number of halogens is 1. The fraction of sp³-hybridized carbons (Fsp3) is 0.625. The third-order valence-electron chi connectivity index (χ3n) is 4.15. The molecule has 2 atom stereocenters. The molecule has 1 aliphatic heterocycles. The molecule has 2 rings (SSSR count). The number of benzene rings is 1. The zero-order chi connectivity index (χ0) is 14.0. The Bertz CT molecular complexity index is 437. The summed E-state index contributed by atoms with van der Waals surface area (Å²) in [5.41, 5.74) is 3.83. The van der Waals surface area contributed by atoms with Crippen LogP contribution in [0.1, 0.15) is 44.2 Å². The van der Waals surface area contributed by atoms with Gasteiger partial charge < -0.3 is 10.1 Å². The lowest BCUT2D eigenvalue weighted by Crippen LogP contribution is -2.41. The van der Waals surface area contributed by atoms with Crippen molar-refractivity contribution < 1.29 is 4.74 Å². The predicted octanol–water partition coefficient (Wildman–Crippen LogP) is 4.83. The molecule has 1 fully saturated rings. The molecule has 0 aromatic heterocycles. The van der Waals surface area contributed by atoms with Crippen molar-refractivity contribution in [3.63, 3.8) is 0 Å². The summed E-state index contributed by atoms with van der Waals surface area (Å²) < 4.78 is 7.11. The number of ether oxygens (including phenoxy) is 1. The monoisotopic (exact) mass is 325 g/mol. The summed E-state index contributed by atoms with van der Waals surface area (Å²) in [5, 5.41) is 3.68. The molecule has 1 heterocycles. The van der Waals surface area contributed by atoms with Crippen LogP contribution in [0, 0.1) is 13.8 Å². The molecule has 1 N–H and O–H groups in total. The van der Waals surface area contributed by atoms with Crippen molar-refractivity contribution >= 4 is 21.6 Å². The summed E-state index contributed by atoms with van der Waals surface area (Å²) in [6, 6.07) is 4.95. The summed E-state index contributed by atoms with van der Waals surface area (Å²) in [5.74, 6) is 0. The second-order valence-corrected chi connectivity index (χ2v) is 6.70. The maximum Gasteiger partial charge on any atom is 0.0671 e. The van der Waals surface area contributed by atoms with Crippen molar-refractivity contribution in [2.75, 3.05) is 11.9 Å². The summed E-state index contributed by atoms with van der Waals surface area (Å²) in [6.07, 6.45) is 3.24. The Balaban J connectivity index is 2.09. The average Bonchev–Trinajstić information content (AvgIpc) is 2.36. The van der Waals surface area contributed by atoms with E-state index in [1.165, 1.54) is 21.3 Å². The van der Waals surface area contributed by atoms with Gasteiger partial charge in [0, 0.05) is 22.8 Å². The van der Waals surface area contributed by atoms with E-state index in [1.807, 2.05) is 0 Å². The standard InChI is InChI=1S/C16H24BrNO/c1-5-16(4)10-13(6-7-19-16)18-14-8-11(2)15(17)12(3)9-14/h8-9,13,18H,5-7,10H2,1-4H3. The highest BCUT2D eigenvalue weighted by Crippen LogP contribution is 2.31. The second kappa shape index (κ2) is 5.84. The van der Waals surface area contributed by atoms with Crippen molar-refractivity contribution in [3.8, 4) is 0 Å². The van der Waals surface area contributed by atoms with Gasteiger partial charge in [0.1, 0.15) is 0 Å². The maximum absolute atomic E-state index is 5.90. The van der Waals surface area contributed by atoms with Crippen molar-refractivity contribution in [3.05, 3.63) is 27.7 Å². The van der Waals surface area contributed by atoms with Gasteiger partial charge in [-0.05, 0) is 63.3 Å². The number of hydrogen-bond donors (Lipinski definition) is 1. The fourth-order valence-electron chi connectivity index (χ4n) is 2.76. The number of aryl methyl sites for hydroxylation is 2. The number of rotatable bonds is 3. The quantitative estimate of drug-likeness (QED) is 0.859. The van der Waals surface area contributed by atoms with Crippen LogP contribution in [0.25, 0.3) is 0 Å². The summed E-state index contributed by atoms with van der Waals surface area (Å²) in [4.78, 5) is 0. The Morgan fingerprint density at radius 1 is 1.37 bits per heavy atom. The molecule has 2 unspecified atom stereocenters. The molecule has 0 spiro atoms. The predicted molar refractivity (Wildman–Crippen MR) is 84.9 cm³/mol. The van der Waals surface area contributed by atoms with Gasteiger partial charge in [0.2, 0.25) is 0 Å². The lowest BCUT2D eigenvalue weighted by atomic mass is 9.89. The van der Waals surface area contributed by atoms with Crippen LogP contribution in [-0.4, -0.2) is 18.2 Å². The van der Waals surface area contributed by atoms with E-state index in [0.29, 0.717) is 6.04 Å². The third-order valence-corrected chi connectivity index (χ3v) is 5.40. The first kappa shape index (κ1) is 14.9. The Hall–Kier alpha value is -0.540. The first-order chi connectivity index (χ1) is 8.93. The SMILES string of the molecule is CCC1(C)CC(Nc2cc(C)c(Br)c(C)c2)CCO1. The van der Waals surface area contributed by atoms with Crippen LogP contribution in [0.5, 0.6) is 0 Å². The molecule has 0 saturated carbocycles. The minimum atomic E-state index is 0.0371. The third kappa shape index (κ3) is 3.51. The Labute approximate surface area is 125 Å². The van der Waals surface area contributed by atoms with E-state index in [2.05, 4.69) is 61.1 Å². The zero-order valence-electron chi connectivity index (χ0n) is 12.3. The van der Waals surface area contributed by atoms with Gasteiger partial charge in [0.05, 0.1) is 5.60 Å². The number of nitrogens with one attached hydrogen (secondary N) is 1. The van der Waals surface area contributed by atoms with E-state index in [9.17, 15) is 0 Å². The first-order valence-corrected chi connectivity index (χ1v) is 7.90. The Morgan fingerprint density at radius 3 is 2.58 bits per heavy atom. The minimum absolute atomic E-state index is 0.0371. The average molecular weight is 326 g/mol. The van der Waals surface area contributed by atoms with E-state index >= 15 is 0 Å². The smallest absolute Gasteiger partial charge is 0.0671 e. The topological polar surface area (TPSA) is 21.3 Å². The highest BCUT2D eigenvalue weighted by atomic mass is 79.9. The molecule has 1 saturated heterocycles. The van der Waals surface area contributed by atoms with Crippen LogP contribution >= 0.6 is 15.9 Å². The number of hydrogen-bond acceptors (Lipinski definition) is 2. The molecule has 106 valence electrons. The maximum atomic E-state index is 5.90. The van der Waals surface area contributed by atoms with Crippen molar-refractivity contribution in [2.24, 2.45) is 0 Å². The molecule has 1 aromatic carbocycles. The van der Waals surface area contributed by atoms with Crippen LogP contribution in [-0.2, 0) is 4.74 Å². The van der Waals surface area contributed by atoms with Crippen LogP contribution in [0.4, 0.5) is 5.69 Å². The van der Waals surface area contributed by atoms with Crippen LogP contribution in [0.15, 0.2) is 16.6 Å². The van der Waals surface area contributed by atoms with Crippen molar-refractivity contribution in [1.82, 2.24) is 0 Å². The molecule has 0 radical (unpaired) electrons. The van der Waals surface area contributed by atoms with E-state index in [-0.39, 0.29) is 5.60 Å². The molecule has 0 amide bonds. The van der Waals surface area contributed by atoms with Gasteiger partial charge in [-0.15, -0.1) is 0 Å². The van der Waals surface area contributed by atoms with Gasteiger partial charge in [-0.3, -0.25) is 0 Å². The number of anilines is 1. The lowest BCUT2D eigenvalue weighted by Gasteiger charge is -2.38. The van der Waals surface area contributed by atoms with Gasteiger partial charge in [0.25, 0.3) is 0 Å². The zero-order valence-corrected chi connectivity index (χ0v) is 13.9. The van der Waals surface area contributed by atoms with E-state index in [4.69, 9.17) is 4.74 Å². The molecular weight excluding hydrogens is 302 g/mol. The largest absolute Gasteiger partial charge is 0.382 e. The van der Waals surface area contributed by atoms with Crippen LogP contribution in [0.2, 0.25) is 0 Å². The first-order valence-electron chi connectivity index (χ1n) is 7.11. The second-order valence-electron chi connectivity index (χ2n) is 5.91. The van der Waals surface area contributed by atoms with Crippen LogP contribution < -0.4 is 5.32 Å². The highest BCUT2D eigenvalue weighted by Gasteiger charge is 2.31. The van der Waals surface area contributed by atoms with E-state index in [0.717, 1.165) is 25.9 Å². The van der Waals surface area contributed by atoms with E-state index < -0.39 is 0 Å². The van der Waals surface area contributed by atoms with Gasteiger partial charge >= 0.3 is 0 Å². The summed E-state index contributed by atoms with van der Waals surface area (Å²) >= 11 is 3.62. The Kier molecular flexibility index (Phi) is 4.57. The minimum Gasteiger partial charge on any atom is -0.382 e. The van der Waals surface area contributed by atoms with Crippen molar-refractivity contribution in [1.29, 1.82) is 0 Å². The normalized spacial score (nSPS) is 27.3. The molecule has 0 aliphatic carbocycles.